The van der Waals surface area contributed by atoms with Crippen molar-refractivity contribution in [2.45, 2.75) is 18.9 Å². The van der Waals surface area contributed by atoms with Crippen LogP contribution in [0.25, 0.3) is 16.7 Å². The third-order valence-corrected chi connectivity index (χ3v) is 5.48. The maximum Gasteiger partial charge on any atom is 0.157 e. The normalized spacial score (nSPS) is 20.3. The summed E-state index contributed by atoms with van der Waals surface area (Å²) in [4.78, 5) is 21.4. The van der Waals surface area contributed by atoms with Gasteiger partial charge in [0.25, 0.3) is 0 Å². The highest BCUT2D eigenvalue weighted by Gasteiger charge is 2.39. The number of nitrogens with one attached hydrogen (secondary N) is 1. The zero-order chi connectivity index (χ0) is 17.7. The minimum atomic E-state index is -0.0288. The summed E-state index contributed by atoms with van der Waals surface area (Å²) in [7, 11) is 2.12. The van der Waals surface area contributed by atoms with E-state index in [1.54, 1.807) is 17.0 Å². The van der Waals surface area contributed by atoms with E-state index in [-0.39, 0.29) is 5.54 Å². The molecule has 5 rings (SSSR count). The molecule has 1 aliphatic heterocycles. The van der Waals surface area contributed by atoms with Gasteiger partial charge in [0.05, 0.1) is 17.1 Å². The molecule has 4 aromatic rings. The Hall–Kier alpha value is -3.16. The van der Waals surface area contributed by atoms with E-state index in [1.807, 2.05) is 30.6 Å². The summed E-state index contributed by atoms with van der Waals surface area (Å²) in [6, 6.07) is 5.98. The fourth-order valence-corrected chi connectivity index (χ4v) is 3.78. The number of anilines is 2. The van der Waals surface area contributed by atoms with E-state index in [2.05, 4.69) is 43.8 Å². The van der Waals surface area contributed by atoms with Crippen molar-refractivity contribution in [3.05, 3.63) is 43.1 Å². The van der Waals surface area contributed by atoms with Crippen molar-refractivity contribution in [1.82, 2.24) is 29.5 Å². The van der Waals surface area contributed by atoms with Gasteiger partial charge >= 0.3 is 0 Å². The van der Waals surface area contributed by atoms with Gasteiger partial charge in [0.15, 0.2) is 5.65 Å². The molecule has 0 amide bonds. The van der Waals surface area contributed by atoms with Crippen LogP contribution < -0.4 is 9.80 Å². The molecule has 8 heteroatoms. The van der Waals surface area contributed by atoms with Gasteiger partial charge in [-0.05, 0) is 25.5 Å². The predicted octanol–water partition coefficient (Wildman–Crippen LogP) is 2.11. The second kappa shape index (κ2) is 5.42. The first-order valence-electron chi connectivity index (χ1n) is 8.71. The molecule has 8 nitrogen and oxygen atoms in total. The molecule has 132 valence electrons. The van der Waals surface area contributed by atoms with Gasteiger partial charge in [-0.2, -0.15) is 5.10 Å². The Balaban J connectivity index is 1.45. The first-order chi connectivity index (χ1) is 12.6. The zero-order valence-electron chi connectivity index (χ0n) is 14.8. The Bertz CT molecular complexity index is 1080. The van der Waals surface area contributed by atoms with E-state index < -0.39 is 0 Å². The molecule has 1 aliphatic rings. The van der Waals surface area contributed by atoms with E-state index in [1.165, 1.54) is 0 Å². The summed E-state index contributed by atoms with van der Waals surface area (Å²) in [6.07, 6.45) is 8.30. The molecule has 1 atom stereocenters. The van der Waals surface area contributed by atoms with Gasteiger partial charge in [0, 0.05) is 38.6 Å². The van der Waals surface area contributed by atoms with Crippen LogP contribution in [0.2, 0.25) is 0 Å². The van der Waals surface area contributed by atoms with Gasteiger partial charge < -0.3 is 14.8 Å². The Morgan fingerprint density at radius 3 is 3.08 bits per heavy atom. The van der Waals surface area contributed by atoms with E-state index in [9.17, 15) is 0 Å². The molecule has 0 saturated carbocycles. The maximum atomic E-state index is 4.74. The van der Waals surface area contributed by atoms with E-state index in [0.29, 0.717) is 0 Å². The van der Waals surface area contributed by atoms with Gasteiger partial charge in [0.1, 0.15) is 23.6 Å². The fourth-order valence-electron chi connectivity index (χ4n) is 3.78. The molecule has 5 heterocycles. The van der Waals surface area contributed by atoms with Gasteiger partial charge in [-0.3, -0.25) is 0 Å². The number of aromatic amines is 1. The highest BCUT2D eigenvalue weighted by atomic mass is 15.3. The van der Waals surface area contributed by atoms with Crippen molar-refractivity contribution in [3.63, 3.8) is 0 Å². The topological polar surface area (TPSA) is 78.2 Å². The minimum Gasteiger partial charge on any atom is -0.354 e. The SMILES string of the molecule is CN(c1ccn2nccc2n1)C1(C)CCN(c2ncnc3[nH]ccc23)C1. The van der Waals surface area contributed by atoms with Crippen molar-refractivity contribution in [2.24, 2.45) is 0 Å². The highest BCUT2D eigenvalue weighted by molar-refractivity contribution is 5.87. The quantitative estimate of drug-likeness (QED) is 0.611. The molecule has 4 aromatic heterocycles. The molecule has 0 spiro atoms. The summed E-state index contributed by atoms with van der Waals surface area (Å²) in [5.41, 5.74) is 1.71. The molecule has 0 aliphatic carbocycles. The molecular formula is C18H20N8. The van der Waals surface area contributed by atoms with Crippen LogP contribution in [0.5, 0.6) is 0 Å². The average molecular weight is 348 g/mol. The van der Waals surface area contributed by atoms with Crippen LogP contribution in [-0.4, -0.2) is 55.2 Å². The zero-order valence-corrected chi connectivity index (χ0v) is 14.8. The van der Waals surface area contributed by atoms with Crippen molar-refractivity contribution in [1.29, 1.82) is 0 Å². The summed E-state index contributed by atoms with van der Waals surface area (Å²) in [5.74, 6) is 1.95. The molecule has 1 unspecified atom stereocenters. The molecule has 0 aromatic carbocycles. The lowest BCUT2D eigenvalue weighted by Gasteiger charge is -2.36. The highest BCUT2D eigenvalue weighted by Crippen LogP contribution is 2.34. The number of hydrogen-bond acceptors (Lipinski definition) is 6. The minimum absolute atomic E-state index is 0.0288. The smallest absolute Gasteiger partial charge is 0.157 e. The summed E-state index contributed by atoms with van der Waals surface area (Å²) >= 11 is 0. The second-order valence-electron chi connectivity index (χ2n) is 7.08. The number of rotatable bonds is 3. The molecule has 1 saturated heterocycles. The van der Waals surface area contributed by atoms with Gasteiger partial charge in [-0.1, -0.05) is 0 Å². The van der Waals surface area contributed by atoms with E-state index in [4.69, 9.17) is 4.98 Å². The number of likely N-dealkylation sites (N-methyl/N-ethyl adjacent to an activating group) is 1. The largest absolute Gasteiger partial charge is 0.354 e. The van der Waals surface area contributed by atoms with Crippen molar-refractivity contribution >= 4 is 28.3 Å². The Labute approximate surface area is 150 Å². The lowest BCUT2D eigenvalue weighted by molar-refractivity contribution is 0.487. The Morgan fingerprint density at radius 1 is 1.23 bits per heavy atom. The third kappa shape index (κ3) is 2.22. The van der Waals surface area contributed by atoms with Crippen LogP contribution in [0.15, 0.2) is 43.1 Å². The molecule has 0 radical (unpaired) electrons. The van der Waals surface area contributed by atoms with E-state index in [0.717, 1.165) is 47.8 Å². The van der Waals surface area contributed by atoms with Crippen LogP contribution in [0.1, 0.15) is 13.3 Å². The van der Waals surface area contributed by atoms with Gasteiger partial charge in [-0.15, -0.1) is 0 Å². The number of aromatic nitrogens is 6. The lowest BCUT2D eigenvalue weighted by atomic mass is 9.99. The number of fused-ring (bicyclic) bond motifs is 2. The lowest BCUT2D eigenvalue weighted by Crippen LogP contribution is -2.46. The number of nitrogens with zero attached hydrogens (tertiary/aromatic N) is 7. The Kier molecular flexibility index (Phi) is 3.15. The summed E-state index contributed by atoms with van der Waals surface area (Å²) in [5, 5.41) is 5.29. The molecular weight excluding hydrogens is 328 g/mol. The van der Waals surface area contributed by atoms with Crippen LogP contribution in [0.3, 0.4) is 0 Å². The van der Waals surface area contributed by atoms with E-state index >= 15 is 0 Å². The molecule has 26 heavy (non-hydrogen) atoms. The van der Waals surface area contributed by atoms with Crippen LogP contribution in [0.4, 0.5) is 11.6 Å². The second-order valence-corrected chi connectivity index (χ2v) is 7.08. The molecule has 0 bridgehead atoms. The van der Waals surface area contributed by atoms with Crippen molar-refractivity contribution in [2.75, 3.05) is 29.9 Å². The first-order valence-corrected chi connectivity index (χ1v) is 8.71. The fraction of sp³-hybridized carbons (Fsp3) is 0.333. The average Bonchev–Trinajstić information content (AvgIpc) is 3.39. The Morgan fingerprint density at radius 2 is 2.15 bits per heavy atom. The predicted molar refractivity (Wildman–Crippen MR) is 101 cm³/mol. The van der Waals surface area contributed by atoms with Crippen LogP contribution in [0, 0.1) is 0 Å². The first kappa shape index (κ1) is 15.1. The summed E-state index contributed by atoms with van der Waals surface area (Å²) in [6.45, 7) is 4.12. The maximum absolute atomic E-state index is 4.74. The summed E-state index contributed by atoms with van der Waals surface area (Å²) < 4.78 is 1.78. The van der Waals surface area contributed by atoms with Gasteiger partial charge in [0.2, 0.25) is 0 Å². The third-order valence-electron chi connectivity index (χ3n) is 5.48. The number of H-pyrrole nitrogens is 1. The standard InChI is InChI=1S/C18H20N8/c1-18(24(2)14-5-9-26-15(23-14)4-8-22-26)6-10-25(11-18)17-13-3-7-19-16(13)20-12-21-17/h3-5,7-9,12H,6,10-11H2,1-2H3,(H,19,20,21). The van der Waals surface area contributed by atoms with Crippen LogP contribution in [-0.2, 0) is 0 Å². The molecule has 1 fully saturated rings. The van der Waals surface area contributed by atoms with Crippen molar-refractivity contribution < 1.29 is 0 Å². The number of hydrogen-bond donors (Lipinski definition) is 1. The van der Waals surface area contributed by atoms with Gasteiger partial charge in [-0.25, -0.2) is 19.5 Å². The molecule has 1 N–H and O–H groups in total. The monoisotopic (exact) mass is 348 g/mol. The van der Waals surface area contributed by atoms with Crippen molar-refractivity contribution in [3.8, 4) is 0 Å². The van der Waals surface area contributed by atoms with Crippen LogP contribution >= 0.6 is 0 Å².